The predicted octanol–water partition coefficient (Wildman–Crippen LogP) is 2.95. The molecule has 1 aromatic carbocycles. The zero-order valence-electron chi connectivity index (χ0n) is 15.0. The van der Waals surface area contributed by atoms with E-state index in [4.69, 9.17) is 9.59 Å². The molecular formula is C17H23N3O4S3. The molecule has 0 unspecified atom stereocenters. The second-order valence-corrected chi connectivity index (χ2v) is 8.46. The molecule has 0 aliphatic heterocycles. The molecule has 1 aliphatic carbocycles. The maximum Gasteiger partial charge on any atom is 0.261 e. The molecule has 0 saturated carbocycles. The molecule has 0 saturated heterocycles. The molecular weight excluding hydrogens is 406 g/mol. The van der Waals surface area contributed by atoms with Crippen molar-refractivity contribution in [3.63, 3.8) is 0 Å². The fraction of sp³-hybridized carbons (Fsp3) is 0.176. The highest BCUT2D eigenvalue weighted by Gasteiger charge is 2.16. The molecule has 0 radical (unpaired) electrons. The molecule has 148 valence electrons. The Morgan fingerprint density at radius 2 is 1.56 bits per heavy atom. The van der Waals surface area contributed by atoms with Crippen molar-refractivity contribution in [2.24, 2.45) is 5.41 Å². The first-order valence-corrected chi connectivity index (χ1v) is 9.70. The van der Waals surface area contributed by atoms with Gasteiger partial charge >= 0.3 is 0 Å². The quantitative estimate of drug-likeness (QED) is 0.425. The predicted molar refractivity (Wildman–Crippen MR) is 115 cm³/mol. The molecule has 2 rings (SSSR count). The molecule has 0 amide bonds. The number of sulfonamides is 1. The number of rotatable bonds is 5. The lowest BCUT2D eigenvalue weighted by Gasteiger charge is -2.13. The Hall–Kier alpha value is -2.01. The number of nitrogens with zero attached hydrogens (tertiary/aromatic N) is 1. The molecule has 7 nitrogen and oxygen atoms in total. The van der Waals surface area contributed by atoms with E-state index in [1.54, 1.807) is 24.3 Å². The van der Waals surface area contributed by atoms with Gasteiger partial charge < -0.3 is 15.0 Å². The second-order valence-electron chi connectivity index (χ2n) is 5.67. The summed E-state index contributed by atoms with van der Waals surface area (Å²) in [6.45, 7) is 8.09. The summed E-state index contributed by atoms with van der Waals surface area (Å²) in [6.07, 6.45) is 9.31. The third-order valence-electron chi connectivity index (χ3n) is 3.14. The van der Waals surface area contributed by atoms with Crippen molar-refractivity contribution >= 4 is 54.9 Å². The van der Waals surface area contributed by atoms with E-state index in [1.165, 1.54) is 16.0 Å². The molecule has 10 heteroatoms. The summed E-state index contributed by atoms with van der Waals surface area (Å²) >= 11 is 7.88. The lowest BCUT2D eigenvalue weighted by atomic mass is 9.93. The second kappa shape index (κ2) is 11.7. The number of hydrazine groups is 1. The van der Waals surface area contributed by atoms with Crippen LogP contribution in [-0.4, -0.2) is 25.8 Å². The maximum absolute atomic E-state index is 12.4. The number of allylic oxidation sites excluding steroid dienone is 5. The van der Waals surface area contributed by atoms with E-state index in [9.17, 15) is 8.42 Å². The zero-order chi connectivity index (χ0) is 21.1. The van der Waals surface area contributed by atoms with Gasteiger partial charge in [-0.25, -0.2) is 8.42 Å². The number of anilines is 1. The molecule has 1 aromatic rings. The van der Waals surface area contributed by atoms with Gasteiger partial charge in [0.05, 0.1) is 10.6 Å². The monoisotopic (exact) mass is 429 g/mol. The van der Waals surface area contributed by atoms with Gasteiger partial charge in [0, 0.05) is 11.1 Å². The molecule has 0 heterocycles. The highest BCUT2D eigenvalue weighted by atomic mass is 32.2. The van der Waals surface area contributed by atoms with E-state index < -0.39 is 10.0 Å². The van der Waals surface area contributed by atoms with E-state index in [0.29, 0.717) is 11.4 Å². The van der Waals surface area contributed by atoms with Crippen LogP contribution in [-0.2, 0) is 19.6 Å². The summed E-state index contributed by atoms with van der Waals surface area (Å²) in [4.78, 5) is 16.2. The fourth-order valence-electron chi connectivity index (χ4n) is 1.92. The maximum atomic E-state index is 12.4. The molecule has 0 aromatic heterocycles. The van der Waals surface area contributed by atoms with Crippen LogP contribution in [0.4, 0.5) is 5.69 Å². The SMILES string of the molecule is C=O.C=O.CC1(C)C=CC=C(NS(=O)(=O)c2ccc(NN(S)S)cc2)C=C1. The Labute approximate surface area is 171 Å². The molecule has 0 bridgehead atoms. The summed E-state index contributed by atoms with van der Waals surface area (Å²) in [5.74, 6) is 0. The number of thiol groups is 2. The van der Waals surface area contributed by atoms with Crippen LogP contribution < -0.4 is 10.1 Å². The van der Waals surface area contributed by atoms with Crippen molar-refractivity contribution in [3.8, 4) is 0 Å². The van der Waals surface area contributed by atoms with Gasteiger partial charge in [-0.2, -0.15) is 0 Å². The van der Waals surface area contributed by atoms with Gasteiger partial charge in [-0.3, -0.25) is 4.72 Å². The number of carbonyl (C=O) groups is 2. The minimum Gasteiger partial charge on any atom is -0.307 e. The van der Waals surface area contributed by atoms with Gasteiger partial charge in [0.2, 0.25) is 0 Å². The van der Waals surface area contributed by atoms with Gasteiger partial charge in [-0.1, -0.05) is 57.7 Å². The van der Waals surface area contributed by atoms with Gasteiger partial charge in [0.25, 0.3) is 10.0 Å². The number of hydrogen-bond acceptors (Lipinski definition) is 8. The molecule has 0 atom stereocenters. The Kier molecular flexibility index (Phi) is 10.8. The summed E-state index contributed by atoms with van der Waals surface area (Å²) in [6, 6.07) is 6.29. The van der Waals surface area contributed by atoms with E-state index >= 15 is 0 Å². The number of nitrogens with one attached hydrogen (secondary N) is 2. The lowest BCUT2D eigenvalue weighted by Crippen LogP contribution is -2.22. The van der Waals surface area contributed by atoms with E-state index in [2.05, 4.69) is 35.8 Å². The van der Waals surface area contributed by atoms with E-state index in [0.717, 1.165) is 0 Å². The van der Waals surface area contributed by atoms with Crippen molar-refractivity contribution in [2.75, 3.05) is 5.43 Å². The normalized spacial score (nSPS) is 14.6. The third-order valence-corrected chi connectivity index (χ3v) is 4.74. The highest BCUT2D eigenvalue weighted by molar-refractivity contribution is 7.93. The molecule has 27 heavy (non-hydrogen) atoms. The highest BCUT2D eigenvalue weighted by Crippen LogP contribution is 2.23. The first kappa shape index (κ1) is 25.0. The van der Waals surface area contributed by atoms with Crippen LogP contribution in [0.5, 0.6) is 0 Å². The van der Waals surface area contributed by atoms with Crippen LogP contribution in [0.1, 0.15) is 13.8 Å². The van der Waals surface area contributed by atoms with Gasteiger partial charge in [0.1, 0.15) is 13.6 Å². The van der Waals surface area contributed by atoms with Crippen LogP contribution in [0.3, 0.4) is 0 Å². The van der Waals surface area contributed by atoms with Crippen molar-refractivity contribution in [3.05, 3.63) is 60.3 Å². The average Bonchev–Trinajstić information content (AvgIpc) is 2.79. The molecule has 2 N–H and O–H groups in total. The standard InChI is InChI=1S/C15H19N3O2S3.2CH2O/c1-15(2)10-3-4-13(9-11-15)17-23(19,20)14-7-5-12(6-8-14)16-18(21)22;2*1-2/h3-11,16-17,21-22H,1-2H3;2*1H2. The third kappa shape index (κ3) is 8.96. The van der Waals surface area contributed by atoms with E-state index in [-0.39, 0.29) is 10.3 Å². The van der Waals surface area contributed by atoms with Gasteiger partial charge in [-0.05, 0) is 36.4 Å². The summed E-state index contributed by atoms with van der Waals surface area (Å²) in [7, 11) is -3.64. The molecule has 1 aliphatic rings. The van der Waals surface area contributed by atoms with Crippen molar-refractivity contribution in [2.45, 2.75) is 18.7 Å². The van der Waals surface area contributed by atoms with Crippen LogP contribution in [0, 0.1) is 5.41 Å². The molecule has 0 spiro atoms. The van der Waals surface area contributed by atoms with Crippen molar-refractivity contribution in [1.82, 2.24) is 8.54 Å². The Morgan fingerprint density at radius 1 is 1.00 bits per heavy atom. The first-order chi connectivity index (χ1) is 12.7. The topological polar surface area (TPSA) is 95.6 Å². The fourth-order valence-corrected chi connectivity index (χ4v) is 3.21. The van der Waals surface area contributed by atoms with Crippen LogP contribution in [0.15, 0.2) is 65.2 Å². The average molecular weight is 430 g/mol. The zero-order valence-corrected chi connectivity index (χ0v) is 17.6. The summed E-state index contributed by atoms with van der Waals surface area (Å²) in [5.41, 5.74) is 3.88. The number of benzene rings is 1. The van der Waals surface area contributed by atoms with E-state index in [1.807, 2.05) is 45.7 Å². The van der Waals surface area contributed by atoms with Crippen molar-refractivity contribution < 1.29 is 18.0 Å². The molecule has 0 fully saturated rings. The minimum atomic E-state index is -3.64. The minimum absolute atomic E-state index is 0.109. The Bertz CT molecular complexity index is 784. The van der Waals surface area contributed by atoms with Gasteiger partial charge in [-0.15, -0.1) is 3.82 Å². The van der Waals surface area contributed by atoms with Crippen LogP contribution >= 0.6 is 25.6 Å². The van der Waals surface area contributed by atoms with Gasteiger partial charge in [0.15, 0.2) is 0 Å². The van der Waals surface area contributed by atoms with Crippen LogP contribution in [0.2, 0.25) is 0 Å². The Balaban J connectivity index is 0.00000158. The summed E-state index contributed by atoms with van der Waals surface area (Å²) in [5, 5.41) is 0. The van der Waals surface area contributed by atoms with Crippen molar-refractivity contribution in [1.29, 1.82) is 0 Å². The Morgan fingerprint density at radius 3 is 2.07 bits per heavy atom. The number of carbonyl (C=O) groups excluding carboxylic acids is 2. The largest absolute Gasteiger partial charge is 0.307 e. The summed E-state index contributed by atoms with van der Waals surface area (Å²) < 4.78 is 28.6. The lowest BCUT2D eigenvalue weighted by molar-refractivity contribution is -0.0987. The number of hydrogen-bond donors (Lipinski definition) is 4. The smallest absolute Gasteiger partial charge is 0.261 e. The van der Waals surface area contributed by atoms with Crippen LogP contribution in [0.25, 0.3) is 0 Å². The first-order valence-electron chi connectivity index (χ1n) is 7.42.